The summed E-state index contributed by atoms with van der Waals surface area (Å²) >= 11 is 0. The minimum atomic E-state index is -4.68. The molecular formula is C12H15ClF3NO. The maximum atomic E-state index is 12.0. The quantitative estimate of drug-likeness (QED) is 0.829. The van der Waals surface area contributed by atoms with E-state index < -0.39 is 6.36 Å². The van der Waals surface area contributed by atoms with Crippen molar-refractivity contribution in [2.45, 2.75) is 25.2 Å². The molecule has 0 amide bonds. The molecule has 0 heterocycles. The van der Waals surface area contributed by atoms with Crippen molar-refractivity contribution < 1.29 is 17.9 Å². The lowest BCUT2D eigenvalue weighted by molar-refractivity contribution is -0.274. The van der Waals surface area contributed by atoms with Gasteiger partial charge in [-0.2, -0.15) is 0 Å². The van der Waals surface area contributed by atoms with E-state index in [1.165, 1.54) is 18.2 Å². The van der Waals surface area contributed by atoms with Crippen molar-refractivity contribution in [3.63, 3.8) is 0 Å². The van der Waals surface area contributed by atoms with E-state index >= 15 is 0 Å². The second-order valence-corrected chi connectivity index (χ2v) is 3.59. The minimum absolute atomic E-state index is 0. The first kappa shape index (κ1) is 16.8. The molecular weight excluding hydrogens is 267 g/mol. The molecule has 1 aromatic rings. The van der Waals surface area contributed by atoms with Gasteiger partial charge in [-0.3, -0.25) is 0 Å². The second-order valence-electron chi connectivity index (χ2n) is 3.59. The summed E-state index contributed by atoms with van der Waals surface area (Å²) in [5.74, 6) is -0.246. The van der Waals surface area contributed by atoms with Crippen LogP contribution in [0.3, 0.4) is 0 Å². The fourth-order valence-electron chi connectivity index (χ4n) is 1.41. The fourth-order valence-corrected chi connectivity index (χ4v) is 1.41. The number of hydrogen-bond donors (Lipinski definition) is 1. The van der Waals surface area contributed by atoms with E-state index in [1.54, 1.807) is 12.1 Å². The number of benzene rings is 1. The van der Waals surface area contributed by atoms with Crippen molar-refractivity contribution in [3.05, 3.63) is 42.5 Å². The lowest BCUT2D eigenvalue weighted by atomic mass is 10.0. The average molecular weight is 282 g/mol. The maximum absolute atomic E-state index is 12.0. The van der Waals surface area contributed by atoms with Crippen molar-refractivity contribution >= 4 is 12.4 Å². The molecule has 0 spiro atoms. The number of nitrogens with two attached hydrogens (primary N) is 1. The van der Waals surface area contributed by atoms with Gasteiger partial charge in [0.25, 0.3) is 0 Å². The highest BCUT2D eigenvalue weighted by Gasteiger charge is 2.31. The molecule has 0 radical (unpaired) electrons. The smallest absolute Gasteiger partial charge is 0.406 e. The predicted molar refractivity (Wildman–Crippen MR) is 66.7 cm³/mol. The fraction of sp³-hybridized carbons (Fsp3) is 0.333. The van der Waals surface area contributed by atoms with Crippen LogP contribution in [0.2, 0.25) is 0 Å². The summed E-state index contributed by atoms with van der Waals surface area (Å²) in [6, 6.07) is 5.41. The number of ether oxygens (including phenoxy) is 1. The van der Waals surface area contributed by atoms with Gasteiger partial charge in [-0.1, -0.05) is 18.2 Å². The van der Waals surface area contributed by atoms with Crippen molar-refractivity contribution in [2.24, 2.45) is 5.73 Å². The van der Waals surface area contributed by atoms with E-state index in [0.717, 1.165) is 0 Å². The summed E-state index contributed by atoms with van der Waals surface area (Å²) < 4.78 is 39.9. The zero-order valence-corrected chi connectivity index (χ0v) is 10.4. The Balaban J connectivity index is 0.00000289. The van der Waals surface area contributed by atoms with Gasteiger partial charge in [0.15, 0.2) is 0 Å². The Bertz CT molecular complexity index is 382. The third kappa shape index (κ3) is 5.93. The van der Waals surface area contributed by atoms with E-state index in [2.05, 4.69) is 11.3 Å². The van der Waals surface area contributed by atoms with Gasteiger partial charge in [0.1, 0.15) is 5.75 Å². The maximum Gasteiger partial charge on any atom is 0.573 e. The summed E-state index contributed by atoms with van der Waals surface area (Å²) in [5, 5.41) is 0. The number of rotatable bonds is 5. The van der Waals surface area contributed by atoms with E-state index in [-0.39, 0.29) is 24.2 Å². The third-order valence-electron chi connectivity index (χ3n) is 2.20. The van der Waals surface area contributed by atoms with Gasteiger partial charge in [-0.25, -0.2) is 0 Å². The Morgan fingerprint density at radius 1 is 1.39 bits per heavy atom. The zero-order chi connectivity index (χ0) is 12.9. The number of alkyl halides is 3. The summed E-state index contributed by atoms with van der Waals surface area (Å²) in [6.07, 6.45) is -1.61. The van der Waals surface area contributed by atoms with Crippen LogP contribution in [0.5, 0.6) is 5.75 Å². The van der Waals surface area contributed by atoms with Gasteiger partial charge in [-0.15, -0.1) is 32.2 Å². The highest BCUT2D eigenvalue weighted by Crippen LogP contribution is 2.26. The number of allylic oxidation sites excluding steroid dienone is 1. The van der Waals surface area contributed by atoms with E-state index in [0.29, 0.717) is 18.4 Å². The molecule has 18 heavy (non-hydrogen) atoms. The van der Waals surface area contributed by atoms with Crippen LogP contribution < -0.4 is 10.5 Å². The molecule has 1 rings (SSSR count). The molecule has 0 unspecified atom stereocenters. The van der Waals surface area contributed by atoms with E-state index in [4.69, 9.17) is 5.73 Å². The average Bonchev–Trinajstić information content (AvgIpc) is 2.24. The van der Waals surface area contributed by atoms with Crippen LogP contribution in [0.15, 0.2) is 36.9 Å². The van der Waals surface area contributed by atoms with Gasteiger partial charge in [0.2, 0.25) is 0 Å². The highest BCUT2D eigenvalue weighted by atomic mass is 35.5. The molecule has 0 aliphatic heterocycles. The molecule has 102 valence electrons. The first-order valence-corrected chi connectivity index (χ1v) is 5.14. The van der Waals surface area contributed by atoms with Crippen molar-refractivity contribution in [3.8, 4) is 5.75 Å². The van der Waals surface area contributed by atoms with Crippen LogP contribution in [0, 0.1) is 0 Å². The normalized spacial score (nSPS) is 12.4. The van der Waals surface area contributed by atoms with Gasteiger partial charge in [0, 0.05) is 6.04 Å². The molecule has 0 bridgehead atoms. The molecule has 0 saturated heterocycles. The molecule has 6 heteroatoms. The van der Waals surface area contributed by atoms with Crippen LogP contribution >= 0.6 is 12.4 Å². The lowest BCUT2D eigenvalue weighted by Gasteiger charge is -2.13. The standard InChI is InChI=1S/C12H14F3NO.ClH/c1-2-3-7-11(16)9-5-4-6-10(8-9)17-12(13,14)15;/h2,4-6,8,11H,1,3,7,16H2;1H/t11-;/m1./s1. The molecule has 2 nitrogen and oxygen atoms in total. The Hall–Kier alpha value is -1.20. The van der Waals surface area contributed by atoms with Crippen LogP contribution in [0.25, 0.3) is 0 Å². The van der Waals surface area contributed by atoms with Gasteiger partial charge >= 0.3 is 6.36 Å². The second kappa shape index (κ2) is 7.28. The van der Waals surface area contributed by atoms with Crippen molar-refractivity contribution in [1.82, 2.24) is 0 Å². The van der Waals surface area contributed by atoms with Crippen LogP contribution in [0.1, 0.15) is 24.4 Å². The molecule has 2 N–H and O–H groups in total. The minimum Gasteiger partial charge on any atom is -0.406 e. The summed E-state index contributed by atoms with van der Waals surface area (Å²) in [6.45, 7) is 3.56. The summed E-state index contributed by atoms with van der Waals surface area (Å²) in [7, 11) is 0. The molecule has 1 atom stereocenters. The van der Waals surface area contributed by atoms with Crippen LogP contribution in [0.4, 0.5) is 13.2 Å². The number of halogens is 4. The molecule has 0 fully saturated rings. The molecule has 0 aliphatic carbocycles. The Labute approximate surface area is 110 Å². The molecule has 0 aromatic heterocycles. The topological polar surface area (TPSA) is 35.2 Å². The SMILES string of the molecule is C=CCC[C@@H](N)c1cccc(OC(F)(F)F)c1.Cl. The third-order valence-corrected chi connectivity index (χ3v) is 2.20. The predicted octanol–water partition coefficient (Wildman–Crippen LogP) is 3.97. The summed E-state index contributed by atoms with van der Waals surface area (Å²) in [5.41, 5.74) is 6.45. The Kier molecular flexibility index (Phi) is 6.80. The van der Waals surface area contributed by atoms with E-state index in [9.17, 15) is 13.2 Å². The first-order valence-electron chi connectivity index (χ1n) is 5.14. The van der Waals surface area contributed by atoms with Crippen LogP contribution in [-0.4, -0.2) is 6.36 Å². The first-order chi connectivity index (χ1) is 7.92. The monoisotopic (exact) mass is 281 g/mol. The van der Waals surface area contributed by atoms with Gasteiger partial charge in [0.05, 0.1) is 0 Å². The van der Waals surface area contributed by atoms with Crippen molar-refractivity contribution in [1.29, 1.82) is 0 Å². The van der Waals surface area contributed by atoms with E-state index in [1.807, 2.05) is 0 Å². The Morgan fingerprint density at radius 2 is 2.06 bits per heavy atom. The van der Waals surface area contributed by atoms with Gasteiger partial charge < -0.3 is 10.5 Å². The largest absolute Gasteiger partial charge is 0.573 e. The lowest BCUT2D eigenvalue weighted by Crippen LogP contribution is -2.17. The number of hydrogen-bond acceptors (Lipinski definition) is 2. The molecule has 1 aromatic carbocycles. The van der Waals surface area contributed by atoms with Gasteiger partial charge in [-0.05, 0) is 30.5 Å². The van der Waals surface area contributed by atoms with Crippen LogP contribution in [-0.2, 0) is 0 Å². The highest BCUT2D eigenvalue weighted by molar-refractivity contribution is 5.85. The Morgan fingerprint density at radius 3 is 2.61 bits per heavy atom. The molecule has 0 aliphatic rings. The zero-order valence-electron chi connectivity index (χ0n) is 9.61. The van der Waals surface area contributed by atoms with Crippen molar-refractivity contribution in [2.75, 3.05) is 0 Å². The summed E-state index contributed by atoms with van der Waals surface area (Å²) in [4.78, 5) is 0. The molecule has 0 saturated carbocycles.